The van der Waals surface area contributed by atoms with Gasteiger partial charge >= 0.3 is 0 Å². The van der Waals surface area contributed by atoms with E-state index in [4.69, 9.17) is 9.47 Å². The number of carbonyl (C=O) groups is 1. The van der Waals surface area contributed by atoms with Gasteiger partial charge in [0.2, 0.25) is 0 Å². The number of benzene rings is 2. The monoisotopic (exact) mass is 343 g/mol. The van der Waals surface area contributed by atoms with Gasteiger partial charge in [0.15, 0.2) is 17.3 Å². The first-order chi connectivity index (χ1) is 12.2. The van der Waals surface area contributed by atoms with Gasteiger partial charge in [0, 0.05) is 25.2 Å². The molecule has 1 aliphatic rings. The van der Waals surface area contributed by atoms with Crippen LogP contribution in [0.4, 0.5) is 4.39 Å². The zero-order chi connectivity index (χ0) is 17.6. The average Bonchev–Trinajstić information content (AvgIpc) is 2.67. The molecule has 1 heterocycles. The van der Waals surface area contributed by atoms with E-state index >= 15 is 0 Å². The molecule has 3 rings (SSSR count). The van der Waals surface area contributed by atoms with Gasteiger partial charge in [-0.25, -0.2) is 4.39 Å². The second-order valence-electron chi connectivity index (χ2n) is 6.09. The second kappa shape index (κ2) is 8.23. The van der Waals surface area contributed by atoms with Crippen molar-refractivity contribution in [3.63, 3.8) is 0 Å². The maximum absolute atomic E-state index is 14.0. The van der Waals surface area contributed by atoms with Gasteiger partial charge in [-0.3, -0.25) is 9.69 Å². The van der Waals surface area contributed by atoms with E-state index in [-0.39, 0.29) is 17.5 Å². The van der Waals surface area contributed by atoms with E-state index in [1.165, 1.54) is 19.2 Å². The fourth-order valence-electron chi connectivity index (χ4n) is 3.09. The summed E-state index contributed by atoms with van der Waals surface area (Å²) in [5, 5.41) is 0. The van der Waals surface area contributed by atoms with Crippen molar-refractivity contribution in [3.05, 3.63) is 65.5 Å². The summed E-state index contributed by atoms with van der Waals surface area (Å²) in [4.78, 5) is 15.3. The van der Waals surface area contributed by atoms with E-state index in [9.17, 15) is 9.18 Å². The number of Topliss-reactive ketones (excluding diaryl/α,β-unsaturated/α-hetero) is 1. The Morgan fingerprint density at radius 2 is 1.92 bits per heavy atom. The van der Waals surface area contributed by atoms with E-state index in [0.29, 0.717) is 25.3 Å². The molecule has 0 aliphatic carbocycles. The number of hydrogen-bond acceptors (Lipinski definition) is 4. The Balaban J connectivity index is 1.87. The molecule has 4 nitrogen and oxygen atoms in total. The first-order valence-corrected chi connectivity index (χ1v) is 8.42. The minimum absolute atomic E-state index is 0.0840. The highest BCUT2D eigenvalue weighted by molar-refractivity contribution is 6.01. The van der Waals surface area contributed by atoms with Gasteiger partial charge in [0.1, 0.15) is 0 Å². The first-order valence-electron chi connectivity index (χ1n) is 8.42. The molecular formula is C20H22FNO3. The summed E-state index contributed by atoms with van der Waals surface area (Å²) >= 11 is 0. The van der Waals surface area contributed by atoms with Gasteiger partial charge in [-0.1, -0.05) is 30.3 Å². The fraction of sp³-hybridized carbons (Fsp3) is 0.350. The van der Waals surface area contributed by atoms with Crippen LogP contribution in [0.25, 0.3) is 0 Å². The Hall–Kier alpha value is -2.24. The lowest BCUT2D eigenvalue weighted by molar-refractivity contribution is 0.0345. The lowest BCUT2D eigenvalue weighted by Gasteiger charge is -2.30. The van der Waals surface area contributed by atoms with Gasteiger partial charge in [-0.05, 0) is 23.8 Å². The number of rotatable bonds is 6. The van der Waals surface area contributed by atoms with Crippen molar-refractivity contribution < 1.29 is 18.7 Å². The predicted octanol–water partition coefficient (Wildman–Crippen LogP) is 3.13. The Labute approximate surface area is 147 Å². The lowest BCUT2D eigenvalue weighted by Crippen LogP contribution is -2.40. The molecule has 0 bridgehead atoms. The molecule has 2 aromatic carbocycles. The Morgan fingerprint density at radius 1 is 1.20 bits per heavy atom. The van der Waals surface area contributed by atoms with Crippen LogP contribution in [-0.2, 0) is 4.74 Å². The third-order valence-corrected chi connectivity index (χ3v) is 4.50. The van der Waals surface area contributed by atoms with Gasteiger partial charge < -0.3 is 9.47 Å². The summed E-state index contributed by atoms with van der Waals surface area (Å²) in [7, 11) is 1.41. The van der Waals surface area contributed by atoms with Crippen LogP contribution in [0, 0.1) is 5.82 Å². The van der Waals surface area contributed by atoms with Crippen LogP contribution in [-0.4, -0.2) is 50.6 Å². The minimum Gasteiger partial charge on any atom is -0.494 e. The zero-order valence-corrected chi connectivity index (χ0v) is 14.3. The highest BCUT2D eigenvalue weighted by Crippen LogP contribution is 2.25. The molecule has 0 amide bonds. The molecule has 25 heavy (non-hydrogen) atoms. The van der Waals surface area contributed by atoms with Crippen LogP contribution in [0.2, 0.25) is 0 Å². The zero-order valence-electron chi connectivity index (χ0n) is 14.3. The number of nitrogens with zero attached hydrogens (tertiary/aromatic N) is 1. The molecule has 0 N–H and O–H groups in total. The van der Waals surface area contributed by atoms with Crippen molar-refractivity contribution in [1.82, 2.24) is 4.90 Å². The van der Waals surface area contributed by atoms with E-state index in [2.05, 4.69) is 4.90 Å². The first kappa shape index (κ1) is 17.6. The molecule has 0 radical (unpaired) electrons. The molecule has 5 heteroatoms. The van der Waals surface area contributed by atoms with E-state index < -0.39 is 5.82 Å². The van der Waals surface area contributed by atoms with Crippen LogP contribution in [0.15, 0.2) is 48.5 Å². The summed E-state index contributed by atoms with van der Waals surface area (Å²) < 4.78 is 24.4. The SMILES string of the molecule is COc1ccc(C(=O)[C@@H](CN2CCOCC2)c2ccccc2)cc1F. The van der Waals surface area contributed by atoms with Crippen molar-refractivity contribution in [3.8, 4) is 5.75 Å². The molecule has 1 atom stereocenters. The second-order valence-corrected chi connectivity index (χ2v) is 6.09. The van der Waals surface area contributed by atoms with Crippen molar-refractivity contribution in [2.24, 2.45) is 0 Å². The highest BCUT2D eigenvalue weighted by atomic mass is 19.1. The quantitative estimate of drug-likeness (QED) is 0.756. The summed E-state index contributed by atoms with van der Waals surface area (Å²) in [6, 6.07) is 14.0. The Bertz CT molecular complexity index is 714. The number of ether oxygens (including phenoxy) is 2. The molecule has 0 spiro atoms. The summed E-state index contributed by atoms with van der Waals surface area (Å²) in [5.41, 5.74) is 1.30. The number of carbonyl (C=O) groups excluding carboxylic acids is 1. The number of hydrogen-bond donors (Lipinski definition) is 0. The predicted molar refractivity (Wildman–Crippen MR) is 93.7 cm³/mol. The molecular weight excluding hydrogens is 321 g/mol. The Kier molecular flexibility index (Phi) is 5.79. The number of methoxy groups -OCH3 is 1. The van der Waals surface area contributed by atoms with Crippen LogP contribution >= 0.6 is 0 Å². The van der Waals surface area contributed by atoms with Gasteiger partial charge in [0.25, 0.3) is 0 Å². The lowest BCUT2D eigenvalue weighted by atomic mass is 9.90. The molecule has 2 aromatic rings. The number of morpholine rings is 1. The molecule has 0 saturated carbocycles. The molecule has 132 valence electrons. The standard InChI is InChI=1S/C20H22FNO3/c1-24-19-8-7-16(13-18(19)21)20(23)17(15-5-3-2-4-6-15)14-22-9-11-25-12-10-22/h2-8,13,17H,9-12,14H2,1H3/t17-/m0/s1. The minimum atomic E-state index is -0.522. The third kappa shape index (κ3) is 4.24. The highest BCUT2D eigenvalue weighted by Gasteiger charge is 2.26. The van der Waals surface area contributed by atoms with Crippen molar-refractivity contribution in [2.75, 3.05) is 40.0 Å². The largest absolute Gasteiger partial charge is 0.494 e. The molecule has 1 aliphatic heterocycles. The van der Waals surface area contributed by atoms with Crippen molar-refractivity contribution >= 4 is 5.78 Å². The number of ketones is 1. The van der Waals surface area contributed by atoms with Gasteiger partial charge in [-0.15, -0.1) is 0 Å². The summed E-state index contributed by atoms with van der Waals surface area (Å²) in [6.45, 7) is 3.54. The van der Waals surface area contributed by atoms with E-state index in [1.807, 2.05) is 30.3 Å². The van der Waals surface area contributed by atoms with Gasteiger partial charge in [-0.2, -0.15) is 0 Å². The third-order valence-electron chi connectivity index (χ3n) is 4.50. The molecule has 0 unspecified atom stereocenters. The van der Waals surface area contributed by atoms with Crippen LogP contribution in [0.1, 0.15) is 21.8 Å². The van der Waals surface area contributed by atoms with Crippen LogP contribution in [0.3, 0.4) is 0 Å². The maximum atomic E-state index is 14.0. The number of halogens is 1. The van der Waals surface area contributed by atoms with Crippen LogP contribution < -0.4 is 4.74 Å². The molecule has 1 fully saturated rings. The topological polar surface area (TPSA) is 38.8 Å². The van der Waals surface area contributed by atoms with Crippen molar-refractivity contribution in [1.29, 1.82) is 0 Å². The van der Waals surface area contributed by atoms with Gasteiger partial charge in [0.05, 0.1) is 26.2 Å². The van der Waals surface area contributed by atoms with Crippen molar-refractivity contribution in [2.45, 2.75) is 5.92 Å². The Morgan fingerprint density at radius 3 is 2.56 bits per heavy atom. The molecule has 1 saturated heterocycles. The van der Waals surface area contributed by atoms with E-state index in [1.54, 1.807) is 6.07 Å². The molecule has 0 aromatic heterocycles. The average molecular weight is 343 g/mol. The summed E-state index contributed by atoms with van der Waals surface area (Å²) in [6.07, 6.45) is 0. The van der Waals surface area contributed by atoms with Crippen LogP contribution in [0.5, 0.6) is 5.75 Å². The maximum Gasteiger partial charge on any atom is 0.171 e. The summed E-state index contributed by atoms with van der Waals surface area (Å²) in [5.74, 6) is -0.807. The smallest absolute Gasteiger partial charge is 0.171 e. The normalized spacial score (nSPS) is 16.4. The fourth-order valence-corrected chi connectivity index (χ4v) is 3.09. The van der Waals surface area contributed by atoms with E-state index in [0.717, 1.165) is 18.7 Å².